The molecule has 140 valence electrons. The minimum atomic E-state index is -0.283. The van der Waals surface area contributed by atoms with E-state index in [1.807, 2.05) is 22.8 Å². The molecule has 0 fully saturated rings. The zero-order valence-electron chi connectivity index (χ0n) is 15.8. The van der Waals surface area contributed by atoms with Crippen LogP contribution in [0.15, 0.2) is 43.0 Å². The summed E-state index contributed by atoms with van der Waals surface area (Å²) >= 11 is 4.55. The molecule has 8 heteroatoms. The Balaban J connectivity index is 1.69. The number of hydrogen-bond acceptors (Lipinski definition) is 6. The van der Waals surface area contributed by atoms with Crippen molar-refractivity contribution in [1.82, 2.24) is 29.2 Å². The first kappa shape index (κ1) is 18.3. The largest absolute Gasteiger partial charge is 0.221 e. The van der Waals surface area contributed by atoms with Crippen molar-refractivity contribution in [3.8, 4) is 0 Å². The monoisotopic (exact) mass is 398 g/mol. The molecular formula is C19H22N6S2. The van der Waals surface area contributed by atoms with Crippen LogP contribution in [-0.4, -0.2) is 29.2 Å². The lowest BCUT2D eigenvalue weighted by molar-refractivity contribution is 0.584. The summed E-state index contributed by atoms with van der Waals surface area (Å²) in [4.78, 5) is 9.00. The predicted octanol–water partition coefficient (Wildman–Crippen LogP) is 4.11. The molecule has 0 N–H and O–H groups in total. The molecule has 0 aliphatic carbocycles. The van der Waals surface area contributed by atoms with E-state index >= 15 is 0 Å². The van der Waals surface area contributed by atoms with Gasteiger partial charge in [0.15, 0.2) is 17.1 Å². The first-order valence-corrected chi connectivity index (χ1v) is 10.6. The van der Waals surface area contributed by atoms with E-state index in [0.717, 1.165) is 22.7 Å². The van der Waals surface area contributed by atoms with Crippen molar-refractivity contribution in [2.45, 2.75) is 44.3 Å². The Morgan fingerprint density at radius 1 is 1.04 bits per heavy atom. The fourth-order valence-corrected chi connectivity index (χ4v) is 4.02. The molecule has 0 aliphatic heterocycles. The van der Waals surface area contributed by atoms with Crippen molar-refractivity contribution < 1.29 is 0 Å². The van der Waals surface area contributed by atoms with Crippen molar-refractivity contribution >= 4 is 33.7 Å². The Hall–Kier alpha value is -2.06. The second kappa shape index (κ2) is 6.53. The van der Waals surface area contributed by atoms with Crippen LogP contribution < -0.4 is 0 Å². The van der Waals surface area contributed by atoms with Gasteiger partial charge in [0, 0.05) is 18.8 Å². The fourth-order valence-electron chi connectivity index (χ4n) is 3.08. The molecule has 0 spiro atoms. The molecule has 4 rings (SSSR count). The molecule has 0 aliphatic rings. The van der Waals surface area contributed by atoms with Gasteiger partial charge in [0.1, 0.15) is 6.33 Å². The summed E-state index contributed by atoms with van der Waals surface area (Å²) in [7, 11) is 1.50. The van der Waals surface area contributed by atoms with Crippen molar-refractivity contribution in [3.05, 3.63) is 59.9 Å². The number of thiol groups is 1. The molecule has 0 aromatic carbocycles. The standard InChI is InChI=1S/C19H22N6S2/c1-18(2,3)14-5-6-16-22-15(23-25(16)11-14)10-19(4,27-26)13-7-8-24-17(9-13)20-12-21-24/h5-9,11-12,26H,10H2,1-4H3. The Morgan fingerprint density at radius 3 is 2.59 bits per heavy atom. The average Bonchev–Trinajstić information content (AvgIpc) is 3.25. The molecule has 0 saturated carbocycles. The van der Waals surface area contributed by atoms with Gasteiger partial charge in [-0.25, -0.2) is 19.0 Å². The molecular weight excluding hydrogens is 376 g/mol. The summed E-state index contributed by atoms with van der Waals surface area (Å²) in [5.74, 6) is 0.798. The molecule has 27 heavy (non-hydrogen) atoms. The minimum absolute atomic E-state index is 0.0728. The number of nitrogens with zero attached hydrogens (tertiary/aromatic N) is 6. The van der Waals surface area contributed by atoms with Gasteiger partial charge < -0.3 is 0 Å². The summed E-state index contributed by atoms with van der Waals surface area (Å²) < 4.78 is 3.35. The van der Waals surface area contributed by atoms with Gasteiger partial charge in [-0.15, -0.1) is 11.7 Å². The maximum atomic E-state index is 4.72. The van der Waals surface area contributed by atoms with Gasteiger partial charge in [0.05, 0.1) is 4.75 Å². The molecule has 0 amide bonds. The van der Waals surface area contributed by atoms with E-state index in [-0.39, 0.29) is 10.2 Å². The average molecular weight is 399 g/mol. The van der Waals surface area contributed by atoms with Crippen molar-refractivity contribution in [2.75, 3.05) is 0 Å². The molecule has 1 unspecified atom stereocenters. The van der Waals surface area contributed by atoms with Crippen molar-refractivity contribution in [2.24, 2.45) is 0 Å². The van der Waals surface area contributed by atoms with E-state index in [1.54, 1.807) is 10.8 Å². The third-order valence-electron chi connectivity index (χ3n) is 4.83. The van der Waals surface area contributed by atoms with Gasteiger partial charge >= 0.3 is 0 Å². The van der Waals surface area contributed by atoms with Crippen molar-refractivity contribution in [3.63, 3.8) is 0 Å². The predicted molar refractivity (Wildman–Crippen MR) is 112 cm³/mol. The summed E-state index contributed by atoms with van der Waals surface area (Å²) in [5.41, 5.74) is 4.10. The normalized spacial score (nSPS) is 14.7. The number of fused-ring (bicyclic) bond motifs is 2. The van der Waals surface area contributed by atoms with Gasteiger partial charge in [-0.3, -0.25) is 0 Å². The quantitative estimate of drug-likeness (QED) is 0.414. The van der Waals surface area contributed by atoms with E-state index in [2.05, 4.69) is 67.8 Å². The van der Waals surface area contributed by atoms with Crippen LogP contribution in [0.3, 0.4) is 0 Å². The third kappa shape index (κ3) is 3.43. The summed E-state index contributed by atoms with van der Waals surface area (Å²) in [5, 5.41) is 8.88. The van der Waals surface area contributed by atoms with E-state index in [1.165, 1.54) is 16.4 Å². The highest BCUT2D eigenvalue weighted by atomic mass is 33.1. The van der Waals surface area contributed by atoms with Crippen LogP contribution in [0.5, 0.6) is 0 Å². The van der Waals surface area contributed by atoms with Gasteiger partial charge in [0.25, 0.3) is 0 Å². The lowest BCUT2D eigenvalue weighted by Gasteiger charge is -2.25. The molecule has 1 atom stereocenters. The van der Waals surface area contributed by atoms with Gasteiger partial charge in [-0.05, 0) is 41.7 Å². The van der Waals surface area contributed by atoms with Crippen LogP contribution in [0.4, 0.5) is 0 Å². The molecule has 0 bridgehead atoms. The number of hydrogen-bond donors (Lipinski definition) is 1. The number of pyridine rings is 2. The highest BCUT2D eigenvalue weighted by molar-refractivity contribution is 8.69. The molecule has 4 aromatic heterocycles. The molecule has 4 aromatic rings. The lowest BCUT2D eigenvalue weighted by atomic mass is 9.88. The van der Waals surface area contributed by atoms with Gasteiger partial charge in [-0.2, -0.15) is 10.2 Å². The van der Waals surface area contributed by atoms with E-state index < -0.39 is 0 Å². The maximum Gasteiger partial charge on any atom is 0.155 e. The smallest absolute Gasteiger partial charge is 0.155 e. The summed E-state index contributed by atoms with van der Waals surface area (Å²) in [6.07, 6.45) is 6.21. The Bertz CT molecular complexity index is 1110. The Labute approximate surface area is 167 Å². The number of aromatic nitrogens is 6. The van der Waals surface area contributed by atoms with Crippen molar-refractivity contribution in [1.29, 1.82) is 0 Å². The fraction of sp³-hybridized carbons (Fsp3) is 0.368. The summed E-state index contributed by atoms with van der Waals surface area (Å²) in [6, 6.07) is 8.26. The first-order valence-electron chi connectivity index (χ1n) is 8.77. The summed E-state index contributed by atoms with van der Waals surface area (Å²) in [6.45, 7) is 8.74. The zero-order valence-corrected chi connectivity index (χ0v) is 17.5. The second-order valence-electron chi connectivity index (χ2n) is 7.98. The maximum absolute atomic E-state index is 4.72. The molecule has 0 saturated heterocycles. The van der Waals surface area contributed by atoms with E-state index in [9.17, 15) is 0 Å². The van der Waals surface area contributed by atoms with E-state index in [0.29, 0.717) is 6.42 Å². The lowest BCUT2D eigenvalue weighted by Crippen LogP contribution is -2.20. The van der Waals surface area contributed by atoms with E-state index in [4.69, 9.17) is 10.1 Å². The minimum Gasteiger partial charge on any atom is -0.221 e. The highest BCUT2D eigenvalue weighted by Gasteiger charge is 2.29. The SMILES string of the molecule is CC(C)(C)c1ccc2nc(CC(C)(SS)c3ccn4ncnc4c3)nn2c1. The van der Waals surface area contributed by atoms with Gasteiger partial charge in [-0.1, -0.05) is 37.6 Å². The number of rotatable bonds is 4. The first-order chi connectivity index (χ1) is 12.8. The highest BCUT2D eigenvalue weighted by Crippen LogP contribution is 2.41. The molecule has 4 heterocycles. The van der Waals surface area contributed by atoms with Gasteiger partial charge in [0.2, 0.25) is 0 Å². The Kier molecular flexibility index (Phi) is 4.43. The van der Waals surface area contributed by atoms with Crippen LogP contribution >= 0.6 is 22.5 Å². The Morgan fingerprint density at radius 2 is 1.85 bits per heavy atom. The van der Waals surface area contributed by atoms with Crippen LogP contribution in [0.1, 0.15) is 44.6 Å². The topological polar surface area (TPSA) is 60.4 Å². The van der Waals surface area contributed by atoms with Crippen LogP contribution in [0.2, 0.25) is 0 Å². The zero-order chi connectivity index (χ0) is 19.2. The molecule has 6 nitrogen and oxygen atoms in total. The second-order valence-corrected chi connectivity index (χ2v) is 9.61. The van der Waals surface area contributed by atoms with Crippen LogP contribution in [0, 0.1) is 0 Å². The van der Waals surface area contributed by atoms with Crippen LogP contribution in [-0.2, 0) is 16.6 Å². The third-order valence-corrected chi connectivity index (χ3v) is 6.82. The van der Waals surface area contributed by atoms with Crippen LogP contribution in [0.25, 0.3) is 11.3 Å². The molecule has 0 radical (unpaired) electrons.